The zero-order chi connectivity index (χ0) is 22.6. The zero-order valence-electron chi connectivity index (χ0n) is 18.5. The Morgan fingerprint density at radius 3 is 2.61 bits per heavy atom. The molecule has 0 aliphatic rings. The molecule has 0 spiro atoms. The topological polar surface area (TPSA) is 62.7 Å². The SMILES string of the molecule is Cc1ccc(CCN[C@@H](C(=O)c2c[nH]c3cc(-n4cccn4)ccc23)c2ccccc2)cc1. The van der Waals surface area contributed by atoms with Crippen LogP contribution in [0, 0.1) is 6.92 Å². The molecule has 3 aromatic carbocycles. The summed E-state index contributed by atoms with van der Waals surface area (Å²) in [4.78, 5) is 17.0. The summed E-state index contributed by atoms with van der Waals surface area (Å²) >= 11 is 0. The summed E-state index contributed by atoms with van der Waals surface area (Å²) in [7, 11) is 0. The van der Waals surface area contributed by atoms with E-state index >= 15 is 0 Å². The van der Waals surface area contributed by atoms with E-state index in [0.29, 0.717) is 12.1 Å². The quantitative estimate of drug-likeness (QED) is 0.321. The number of aromatic nitrogens is 3. The summed E-state index contributed by atoms with van der Waals surface area (Å²) in [5.74, 6) is 0.0585. The van der Waals surface area contributed by atoms with Crippen molar-refractivity contribution < 1.29 is 4.79 Å². The van der Waals surface area contributed by atoms with Crippen molar-refractivity contribution in [1.82, 2.24) is 20.1 Å². The number of hydrogen-bond acceptors (Lipinski definition) is 3. The second-order valence-corrected chi connectivity index (χ2v) is 8.28. The van der Waals surface area contributed by atoms with Gasteiger partial charge in [-0.05, 0) is 48.7 Å². The fraction of sp³-hybridized carbons (Fsp3) is 0.143. The molecule has 5 aromatic rings. The number of rotatable bonds is 8. The number of hydrogen-bond donors (Lipinski definition) is 2. The van der Waals surface area contributed by atoms with Gasteiger partial charge >= 0.3 is 0 Å². The minimum Gasteiger partial charge on any atom is -0.360 e. The van der Waals surface area contributed by atoms with Gasteiger partial charge in [0.15, 0.2) is 5.78 Å². The average molecular weight is 435 g/mol. The summed E-state index contributed by atoms with van der Waals surface area (Å²) in [6, 6.07) is 25.9. The minimum atomic E-state index is -0.415. The number of Topliss-reactive ketones (excluding diaryl/α,β-unsaturated/α-hetero) is 1. The maximum Gasteiger partial charge on any atom is 0.186 e. The Balaban J connectivity index is 1.40. The van der Waals surface area contributed by atoms with Gasteiger partial charge in [-0.3, -0.25) is 4.79 Å². The Morgan fingerprint density at radius 2 is 1.85 bits per heavy atom. The lowest BCUT2D eigenvalue weighted by atomic mass is 9.96. The van der Waals surface area contributed by atoms with Gasteiger partial charge in [0.1, 0.15) is 0 Å². The highest BCUT2D eigenvalue weighted by atomic mass is 16.1. The van der Waals surface area contributed by atoms with E-state index in [1.54, 1.807) is 10.9 Å². The molecule has 0 bridgehead atoms. The van der Waals surface area contributed by atoms with Crippen LogP contribution in [0.5, 0.6) is 0 Å². The van der Waals surface area contributed by atoms with Gasteiger partial charge in [-0.2, -0.15) is 5.10 Å². The molecule has 0 saturated carbocycles. The van der Waals surface area contributed by atoms with Crippen LogP contribution in [-0.2, 0) is 6.42 Å². The number of fused-ring (bicyclic) bond motifs is 1. The van der Waals surface area contributed by atoms with E-state index < -0.39 is 6.04 Å². The number of ketones is 1. The number of carbonyl (C=O) groups is 1. The molecule has 2 heterocycles. The molecule has 0 aliphatic carbocycles. The van der Waals surface area contributed by atoms with Crippen LogP contribution in [-0.4, -0.2) is 27.1 Å². The van der Waals surface area contributed by atoms with Gasteiger partial charge in [0.25, 0.3) is 0 Å². The third-order valence-electron chi connectivity index (χ3n) is 5.98. The van der Waals surface area contributed by atoms with Crippen molar-refractivity contribution in [3.8, 4) is 5.69 Å². The first-order valence-electron chi connectivity index (χ1n) is 11.2. The second kappa shape index (κ2) is 9.27. The van der Waals surface area contributed by atoms with Crippen LogP contribution in [0.1, 0.15) is 33.1 Å². The van der Waals surface area contributed by atoms with Crippen molar-refractivity contribution in [2.45, 2.75) is 19.4 Å². The Kier molecular flexibility index (Phi) is 5.87. The van der Waals surface area contributed by atoms with Crippen molar-refractivity contribution in [3.05, 3.63) is 120 Å². The first-order chi connectivity index (χ1) is 16.2. The Hall–Kier alpha value is -3.96. The van der Waals surface area contributed by atoms with Gasteiger partial charge in [0.05, 0.1) is 11.7 Å². The molecule has 5 heteroatoms. The summed E-state index contributed by atoms with van der Waals surface area (Å²) < 4.78 is 1.81. The highest BCUT2D eigenvalue weighted by Gasteiger charge is 2.24. The molecule has 33 heavy (non-hydrogen) atoms. The van der Waals surface area contributed by atoms with Gasteiger partial charge in [-0.15, -0.1) is 0 Å². The second-order valence-electron chi connectivity index (χ2n) is 8.28. The van der Waals surface area contributed by atoms with E-state index in [-0.39, 0.29) is 5.78 Å². The van der Waals surface area contributed by atoms with Gasteiger partial charge < -0.3 is 10.3 Å². The molecule has 0 amide bonds. The van der Waals surface area contributed by atoms with Crippen LogP contribution in [0.2, 0.25) is 0 Å². The number of nitrogens with zero attached hydrogens (tertiary/aromatic N) is 2. The molecule has 0 radical (unpaired) electrons. The van der Waals surface area contributed by atoms with E-state index in [2.05, 4.69) is 46.6 Å². The number of H-pyrrole nitrogens is 1. The Morgan fingerprint density at radius 1 is 1.03 bits per heavy atom. The monoisotopic (exact) mass is 434 g/mol. The number of benzene rings is 3. The molecule has 5 nitrogen and oxygen atoms in total. The lowest BCUT2D eigenvalue weighted by Gasteiger charge is -2.18. The first-order valence-corrected chi connectivity index (χ1v) is 11.2. The van der Waals surface area contributed by atoms with E-state index in [9.17, 15) is 4.79 Å². The lowest BCUT2D eigenvalue weighted by molar-refractivity contribution is 0.0945. The summed E-state index contributed by atoms with van der Waals surface area (Å²) in [6.07, 6.45) is 6.33. The number of nitrogens with one attached hydrogen (secondary N) is 2. The van der Waals surface area contributed by atoms with E-state index in [1.807, 2.05) is 67.0 Å². The minimum absolute atomic E-state index is 0.0585. The van der Waals surface area contributed by atoms with E-state index in [0.717, 1.165) is 28.6 Å². The fourth-order valence-corrected chi connectivity index (χ4v) is 4.16. The molecule has 0 saturated heterocycles. The third kappa shape index (κ3) is 4.49. The molecule has 164 valence electrons. The molecular formula is C28H26N4O. The highest BCUT2D eigenvalue weighted by molar-refractivity contribution is 6.10. The molecule has 1 atom stereocenters. The van der Waals surface area contributed by atoms with Crippen molar-refractivity contribution in [3.63, 3.8) is 0 Å². The van der Waals surface area contributed by atoms with Crippen molar-refractivity contribution in [2.75, 3.05) is 6.54 Å². The van der Waals surface area contributed by atoms with Gasteiger partial charge in [-0.25, -0.2) is 4.68 Å². The standard InChI is InChI=1S/C28H26N4O/c1-20-8-10-21(11-9-20)14-16-29-27(22-6-3-2-4-7-22)28(33)25-19-30-26-18-23(12-13-24(25)26)32-17-5-15-31-32/h2-13,15,17-19,27,29-30H,14,16H2,1H3/t27-/m1/s1. The van der Waals surface area contributed by atoms with Crippen LogP contribution in [0.3, 0.4) is 0 Å². The Labute approximate surface area is 193 Å². The van der Waals surface area contributed by atoms with Crippen LogP contribution >= 0.6 is 0 Å². The van der Waals surface area contributed by atoms with Gasteiger partial charge in [0.2, 0.25) is 0 Å². The normalized spacial score (nSPS) is 12.2. The van der Waals surface area contributed by atoms with Crippen molar-refractivity contribution in [1.29, 1.82) is 0 Å². The lowest BCUT2D eigenvalue weighted by Crippen LogP contribution is -2.30. The van der Waals surface area contributed by atoms with Crippen LogP contribution in [0.25, 0.3) is 16.6 Å². The first kappa shape index (κ1) is 20.9. The fourth-order valence-electron chi connectivity index (χ4n) is 4.16. The number of aryl methyl sites for hydroxylation is 1. The molecule has 2 aromatic heterocycles. The Bertz CT molecular complexity index is 1350. The van der Waals surface area contributed by atoms with Gasteiger partial charge in [0, 0.05) is 41.6 Å². The molecule has 0 unspecified atom stereocenters. The number of carbonyl (C=O) groups excluding carboxylic acids is 1. The predicted molar refractivity (Wildman–Crippen MR) is 132 cm³/mol. The predicted octanol–water partition coefficient (Wildman–Crippen LogP) is 5.42. The molecule has 5 rings (SSSR count). The third-order valence-corrected chi connectivity index (χ3v) is 5.98. The summed E-state index contributed by atoms with van der Waals surface area (Å²) in [5.41, 5.74) is 6.02. The largest absolute Gasteiger partial charge is 0.360 e. The average Bonchev–Trinajstić information content (AvgIpc) is 3.53. The molecule has 2 N–H and O–H groups in total. The van der Waals surface area contributed by atoms with E-state index in [4.69, 9.17) is 0 Å². The maximum atomic E-state index is 13.7. The maximum absolute atomic E-state index is 13.7. The van der Waals surface area contributed by atoms with Crippen molar-refractivity contribution >= 4 is 16.7 Å². The number of aromatic amines is 1. The molecule has 0 aliphatic heterocycles. The summed E-state index contributed by atoms with van der Waals surface area (Å²) in [6.45, 7) is 2.80. The van der Waals surface area contributed by atoms with Crippen molar-refractivity contribution in [2.24, 2.45) is 0 Å². The van der Waals surface area contributed by atoms with Gasteiger partial charge in [-0.1, -0.05) is 60.2 Å². The smallest absolute Gasteiger partial charge is 0.186 e. The van der Waals surface area contributed by atoms with E-state index in [1.165, 1.54) is 11.1 Å². The molecule has 0 fully saturated rings. The van der Waals surface area contributed by atoms with Crippen LogP contribution in [0.4, 0.5) is 0 Å². The summed E-state index contributed by atoms with van der Waals surface area (Å²) in [5, 5.41) is 8.71. The zero-order valence-corrected chi connectivity index (χ0v) is 18.5. The highest BCUT2D eigenvalue weighted by Crippen LogP contribution is 2.26. The molecular weight excluding hydrogens is 408 g/mol. The van der Waals surface area contributed by atoms with Crippen LogP contribution in [0.15, 0.2) is 97.5 Å². The van der Waals surface area contributed by atoms with Crippen LogP contribution < -0.4 is 5.32 Å².